The van der Waals surface area contributed by atoms with Gasteiger partial charge in [-0.15, -0.1) is 0 Å². The number of rotatable bonds is 19. The van der Waals surface area contributed by atoms with Gasteiger partial charge in [0, 0.05) is 37.3 Å². The normalized spacial score (nSPS) is 15.6. The number of carboxylic acid groups (broad SMARTS) is 1. The zero-order valence-corrected chi connectivity index (χ0v) is 26.2. The molecule has 0 aromatic heterocycles. The number of unbranched alkanes of at least 4 members (excludes halogenated alkanes) is 2. The maximum Gasteiger partial charge on any atom is 0.328 e. The Labute approximate surface area is 248 Å². The Morgan fingerprint density at radius 2 is 1.50 bits per heavy atom. The van der Waals surface area contributed by atoms with Crippen LogP contribution in [0.25, 0.3) is 0 Å². The van der Waals surface area contributed by atoms with Crippen molar-refractivity contribution in [3.8, 4) is 0 Å². The van der Waals surface area contributed by atoms with Crippen molar-refractivity contribution in [2.45, 2.75) is 77.4 Å². The Morgan fingerprint density at radius 1 is 0.881 bits per heavy atom. The van der Waals surface area contributed by atoms with Gasteiger partial charge >= 0.3 is 11.9 Å². The molecule has 0 aliphatic carbocycles. The molecule has 0 bridgehead atoms. The Hall–Kier alpha value is -3.42. The van der Waals surface area contributed by atoms with Crippen LogP contribution in [0.4, 0.5) is 0 Å². The Bertz CT molecular complexity index is 1020. The van der Waals surface area contributed by atoms with E-state index in [-0.39, 0.29) is 56.1 Å². The summed E-state index contributed by atoms with van der Waals surface area (Å²) in [5.74, 6) is -3.85. The second-order valence-corrected chi connectivity index (χ2v) is 16.0. The maximum absolute atomic E-state index is 12.9. The lowest BCUT2D eigenvalue weighted by molar-refractivity contribution is -0.148. The molecule has 42 heavy (non-hydrogen) atoms. The highest BCUT2D eigenvalue weighted by atomic mass is 32.3. The largest absolute Gasteiger partial charge is 0.481 e. The molecule has 0 aromatic rings. The van der Waals surface area contributed by atoms with Crippen molar-refractivity contribution < 1.29 is 43.4 Å². The molecule has 1 aliphatic rings. The lowest BCUT2D eigenvalue weighted by atomic mass is 10.0. The van der Waals surface area contributed by atoms with Crippen molar-refractivity contribution in [1.29, 1.82) is 0 Å². The van der Waals surface area contributed by atoms with Gasteiger partial charge in [-0.2, -0.15) is 0 Å². The first-order valence-electron chi connectivity index (χ1n) is 14.0. The fourth-order valence-electron chi connectivity index (χ4n) is 3.84. The number of ether oxygens (including phenoxy) is 1. The molecule has 14 heteroatoms. The van der Waals surface area contributed by atoms with Gasteiger partial charge in [-0.1, -0.05) is 20.3 Å². The highest BCUT2D eigenvalue weighted by molar-refractivity contribution is 8.32. The van der Waals surface area contributed by atoms with Crippen LogP contribution in [0.2, 0.25) is 0 Å². The van der Waals surface area contributed by atoms with E-state index in [1.165, 1.54) is 19.1 Å². The molecule has 1 rings (SSSR count). The van der Waals surface area contributed by atoms with E-state index >= 15 is 0 Å². The van der Waals surface area contributed by atoms with E-state index in [2.05, 4.69) is 34.7 Å². The average Bonchev–Trinajstić information content (AvgIpc) is 3.20. The second kappa shape index (κ2) is 17.5. The highest BCUT2D eigenvalue weighted by Crippen LogP contribution is 2.33. The fraction of sp³-hybridized carbons (Fsp3) is 0.679. The quantitative estimate of drug-likeness (QED) is 0.0923. The van der Waals surface area contributed by atoms with Gasteiger partial charge in [0.15, 0.2) is 0 Å². The molecular weight excluding hydrogens is 568 g/mol. The zero-order chi connectivity index (χ0) is 32.0. The number of nitrogens with zero attached hydrogens (tertiary/aromatic N) is 1. The summed E-state index contributed by atoms with van der Waals surface area (Å²) in [4.78, 5) is 86.2. The van der Waals surface area contributed by atoms with Crippen LogP contribution in [-0.4, -0.2) is 107 Å². The Balaban J connectivity index is 2.60. The van der Waals surface area contributed by atoms with Gasteiger partial charge in [-0.05, 0) is 50.9 Å². The van der Waals surface area contributed by atoms with Crippen molar-refractivity contribution in [1.82, 2.24) is 20.9 Å². The first-order chi connectivity index (χ1) is 19.5. The predicted octanol–water partition coefficient (Wildman–Crippen LogP) is 0.704. The summed E-state index contributed by atoms with van der Waals surface area (Å²) in [5, 5.41) is 16.7. The van der Waals surface area contributed by atoms with E-state index < -0.39 is 51.9 Å². The molecule has 1 aliphatic heterocycles. The summed E-state index contributed by atoms with van der Waals surface area (Å²) in [7, 11) is -0.923. The van der Waals surface area contributed by atoms with Crippen molar-refractivity contribution in [2.24, 2.45) is 5.92 Å². The van der Waals surface area contributed by atoms with Crippen molar-refractivity contribution >= 4 is 51.5 Å². The van der Waals surface area contributed by atoms with E-state index in [0.29, 0.717) is 25.0 Å². The number of carbonyl (C=O) groups is 7. The number of hydrogen-bond donors (Lipinski definition) is 4. The summed E-state index contributed by atoms with van der Waals surface area (Å²) in [6.07, 6.45) is 9.86. The van der Waals surface area contributed by atoms with Crippen molar-refractivity contribution in [3.05, 3.63) is 12.2 Å². The van der Waals surface area contributed by atoms with E-state index in [1.54, 1.807) is 13.8 Å². The van der Waals surface area contributed by atoms with Gasteiger partial charge in [0.1, 0.15) is 18.1 Å². The molecule has 0 radical (unpaired) electrons. The molecule has 238 valence electrons. The van der Waals surface area contributed by atoms with Crippen LogP contribution in [0, 0.1) is 5.92 Å². The van der Waals surface area contributed by atoms with Gasteiger partial charge in [0.2, 0.25) is 17.7 Å². The van der Waals surface area contributed by atoms with Crippen LogP contribution >= 0.6 is 10.0 Å². The fourth-order valence-corrected chi connectivity index (χ4v) is 4.42. The third-order valence-corrected chi connectivity index (χ3v) is 7.78. The summed E-state index contributed by atoms with van der Waals surface area (Å²) in [6, 6.07) is -3.20. The molecule has 0 aromatic carbocycles. The number of imide groups is 1. The summed E-state index contributed by atoms with van der Waals surface area (Å²) in [6.45, 7) is 5.32. The summed E-state index contributed by atoms with van der Waals surface area (Å²) in [5.41, 5.74) is 0. The Morgan fingerprint density at radius 3 is 2.05 bits per heavy atom. The van der Waals surface area contributed by atoms with Crippen LogP contribution in [0.15, 0.2) is 12.2 Å². The maximum atomic E-state index is 12.9. The minimum Gasteiger partial charge on any atom is -0.481 e. The topological polar surface area (TPSA) is 188 Å². The average molecular weight is 615 g/mol. The molecule has 0 saturated heterocycles. The minimum absolute atomic E-state index is 0.136. The molecule has 4 N–H and O–H groups in total. The summed E-state index contributed by atoms with van der Waals surface area (Å²) >= 11 is 0. The first kappa shape index (κ1) is 36.6. The molecule has 3 atom stereocenters. The monoisotopic (exact) mass is 614 g/mol. The van der Waals surface area contributed by atoms with Crippen molar-refractivity contribution in [3.63, 3.8) is 0 Å². The number of nitrogens with one attached hydrogen (secondary N) is 3. The summed E-state index contributed by atoms with van der Waals surface area (Å²) < 4.78 is 5.27. The highest BCUT2D eigenvalue weighted by Gasteiger charge is 2.30. The van der Waals surface area contributed by atoms with Gasteiger partial charge in [0.25, 0.3) is 11.8 Å². The molecule has 0 saturated carbocycles. The molecular formula is C28H46N4O9S. The third-order valence-electron chi connectivity index (χ3n) is 6.39. The third kappa shape index (κ3) is 14.0. The zero-order valence-electron chi connectivity index (χ0n) is 25.4. The molecule has 0 unspecified atom stereocenters. The molecule has 1 heterocycles. The van der Waals surface area contributed by atoms with Crippen LogP contribution in [0.5, 0.6) is 0 Å². The number of carbonyl (C=O) groups excluding carboxylic acids is 6. The number of esters is 1. The number of hydrogen-bond acceptors (Lipinski definition) is 8. The van der Waals surface area contributed by atoms with Crippen LogP contribution in [-0.2, 0) is 38.3 Å². The SMILES string of the molecule is CC(C)[C@H](NC(=O)CCCCCN1C(=O)C=CC1=O)C(=O)N[C@@H](C)C(=O)N[C@@H](CCC(=O)O)C(=O)OCCS(C)(C)C. The van der Waals surface area contributed by atoms with Gasteiger partial charge in [-0.3, -0.25) is 33.7 Å². The van der Waals surface area contributed by atoms with E-state index in [4.69, 9.17) is 9.84 Å². The lowest BCUT2D eigenvalue weighted by Gasteiger charge is -2.26. The Kier molecular flexibility index (Phi) is 15.3. The first-order valence-corrected chi connectivity index (χ1v) is 17.0. The minimum atomic E-state index is -1.19. The smallest absolute Gasteiger partial charge is 0.328 e. The van der Waals surface area contributed by atoms with Gasteiger partial charge in [-0.25, -0.2) is 14.8 Å². The van der Waals surface area contributed by atoms with Crippen LogP contribution in [0.3, 0.4) is 0 Å². The van der Waals surface area contributed by atoms with E-state index in [0.717, 1.165) is 4.90 Å². The number of aliphatic carboxylic acids is 1. The number of amides is 5. The lowest BCUT2D eigenvalue weighted by Crippen LogP contribution is -2.56. The van der Waals surface area contributed by atoms with Crippen molar-refractivity contribution in [2.75, 3.05) is 37.7 Å². The molecule has 0 spiro atoms. The molecule has 13 nitrogen and oxygen atoms in total. The van der Waals surface area contributed by atoms with E-state index in [9.17, 15) is 33.6 Å². The second-order valence-electron chi connectivity index (χ2n) is 11.4. The predicted molar refractivity (Wildman–Crippen MR) is 159 cm³/mol. The van der Waals surface area contributed by atoms with Crippen LogP contribution in [0.1, 0.15) is 59.3 Å². The van der Waals surface area contributed by atoms with Gasteiger partial charge < -0.3 is 25.8 Å². The molecule has 5 amide bonds. The molecule has 0 fully saturated rings. The van der Waals surface area contributed by atoms with E-state index in [1.807, 2.05) is 0 Å². The van der Waals surface area contributed by atoms with Gasteiger partial charge in [0.05, 0.1) is 6.61 Å². The standard InChI is InChI=1S/C28H46N4O9S/c1-18(2)25(31-21(33)10-8-7-9-15-32-22(34)12-13-23(32)35)27(39)29-19(3)26(38)30-20(11-14-24(36)37)28(40)41-16-17-42(4,5)6/h12-13,18-20,25H,7-11,14-17H2,1-6H3,(H,29,39)(H,30,38)(H,31,33)(H,36,37)/t19-,20-,25-/m0/s1. The van der Waals surface area contributed by atoms with Crippen LogP contribution < -0.4 is 16.0 Å². The number of carboxylic acids is 1.